The number of hydrogen-bond acceptors (Lipinski definition) is 2. The molecule has 0 spiro atoms. The van der Waals surface area contributed by atoms with Gasteiger partial charge in [-0.05, 0) is 47.0 Å². The second-order valence-electron chi connectivity index (χ2n) is 6.33. The first kappa shape index (κ1) is 22.5. The Balaban J connectivity index is 0.00000280. The standard InChI is InChI=1S/C21H25FN4S.HI/c1-23-21(25-13-16-7-8-18(22)11-17(16)14-27-2)24-10-9-19-12-15-5-3-4-6-20(15)26-19;/h3-8,11-12,26H,9-10,13-14H2,1-2H3,(H2,23,24,25);1H. The summed E-state index contributed by atoms with van der Waals surface area (Å²) in [5.41, 5.74) is 4.46. The lowest BCUT2D eigenvalue weighted by Crippen LogP contribution is -2.38. The molecule has 0 unspecified atom stereocenters. The zero-order chi connectivity index (χ0) is 19.1. The molecule has 2 aromatic carbocycles. The van der Waals surface area contributed by atoms with Gasteiger partial charge in [-0.3, -0.25) is 4.99 Å². The first-order chi connectivity index (χ1) is 13.2. The summed E-state index contributed by atoms with van der Waals surface area (Å²) in [5, 5.41) is 7.88. The van der Waals surface area contributed by atoms with E-state index in [0.29, 0.717) is 6.54 Å². The van der Waals surface area contributed by atoms with Crippen LogP contribution in [0.1, 0.15) is 16.8 Å². The van der Waals surface area contributed by atoms with Crippen molar-refractivity contribution in [1.82, 2.24) is 15.6 Å². The molecule has 3 aromatic rings. The number of nitrogens with one attached hydrogen (secondary N) is 3. The molecule has 0 aliphatic carbocycles. The molecular formula is C21H26FIN4S. The van der Waals surface area contributed by atoms with Gasteiger partial charge in [0.15, 0.2) is 5.96 Å². The molecule has 3 rings (SSSR count). The van der Waals surface area contributed by atoms with Crippen molar-refractivity contribution >= 4 is 52.6 Å². The number of fused-ring (bicyclic) bond motifs is 1. The lowest BCUT2D eigenvalue weighted by Gasteiger charge is -2.14. The van der Waals surface area contributed by atoms with E-state index in [1.54, 1.807) is 24.9 Å². The average Bonchev–Trinajstić information content (AvgIpc) is 3.09. The smallest absolute Gasteiger partial charge is 0.191 e. The number of H-pyrrole nitrogens is 1. The molecule has 1 aromatic heterocycles. The fourth-order valence-electron chi connectivity index (χ4n) is 3.04. The summed E-state index contributed by atoms with van der Waals surface area (Å²) < 4.78 is 13.5. The summed E-state index contributed by atoms with van der Waals surface area (Å²) in [6.07, 6.45) is 2.90. The van der Waals surface area contributed by atoms with E-state index in [2.05, 4.69) is 38.8 Å². The van der Waals surface area contributed by atoms with Gasteiger partial charge in [0, 0.05) is 43.5 Å². The molecule has 1 heterocycles. The Morgan fingerprint density at radius 2 is 1.93 bits per heavy atom. The van der Waals surface area contributed by atoms with Gasteiger partial charge in [0.1, 0.15) is 5.82 Å². The molecule has 0 aliphatic rings. The number of rotatable bonds is 7. The van der Waals surface area contributed by atoms with Crippen LogP contribution in [-0.4, -0.2) is 30.8 Å². The Labute approximate surface area is 186 Å². The van der Waals surface area contributed by atoms with Gasteiger partial charge in [0.2, 0.25) is 0 Å². The van der Waals surface area contributed by atoms with E-state index in [-0.39, 0.29) is 29.8 Å². The quantitative estimate of drug-likeness (QED) is 0.245. The second kappa shape index (κ2) is 11.3. The Kier molecular flexibility index (Phi) is 9.11. The highest BCUT2D eigenvalue weighted by atomic mass is 127. The Bertz CT molecular complexity index is 893. The van der Waals surface area contributed by atoms with Gasteiger partial charge in [-0.2, -0.15) is 11.8 Å². The number of guanidine groups is 1. The first-order valence-corrected chi connectivity index (χ1v) is 10.4. The zero-order valence-electron chi connectivity index (χ0n) is 16.1. The van der Waals surface area contributed by atoms with E-state index < -0.39 is 0 Å². The molecule has 0 bridgehead atoms. The number of benzene rings is 2. The third-order valence-electron chi connectivity index (χ3n) is 4.41. The normalized spacial score (nSPS) is 11.3. The topological polar surface area (TPSA) is 52.2 Å². The monoisotopic (exact) mass is 512 g/mol. The molecule has 0 amide bonds. The van der Waals surface area contributed by atoms with Crippen LogP contribution in [0.3, 0.4) is 0 Å². The number of aromatic amines is 1. The molecular weight excluding hydrogens is 486 g/mol. The Hall–Kier alpha value is -1.74. The second-order valence-corrected chi connectivity index (χ2v) is 7.20. The molecule has 7 heteroatoms. The lowest BCUT2D eigenvalue weighted by atomic mass is 10.1. The number of nitrogens with zero attached hydrogens (tertiary/aromatic N) is 1. The maximum absolute atomic E-state index is 13.5. The molecule has 0 saturated heterocycles. The van der Waals surface area contributed by atoms with Crippen LogP contribution >= 0.6 is 35.7 Å². The van der Waals surface area contributed by atoms with Gasteiger partial charge in [-0.25, -0.2) is 4.39 Å². The predicted octanol–water partition coefficient (Wildman–Crippen LogP) is 4.70. The van der Waals surface area contributed by atoms with E-state index in [0.717, 1.165) is 41.3 Å². The highest BCUT2D eigenvalue weighted by Gasteiger charge is 2.06. The number of hydrogen-bond donors (Lipinski definition) is 3. The highest BCUT2D eigenvalue weighted by molar-refractivity contribution is 14.0. The van der Waals surface area contributed by atoms with Crippen LogP contribution in [0.25, 0.3) is 10.9 Å². The molecule has 0 saturated carbocycles. The van der Waals surface area contributed by atoms with Crippen molar-refractivity contribution in [2.24, 2.45) is 4.99 Å². The van der Waals surface area contributed by atoms with Crippen LogP contribution in [0.5, 0.6) is 0 Å². The third kappa shape index (κ3) is 6.13. The largest absolute Gasteiger partial charge is 0.358 e. The Morgan fingerprint density at radius 3 is 2.68 bits per heavy atom. The summed E-state index contributed by atoms with van der Waals surface area (Å²) >= 11 is 1.69. The minimum absolute atomic E-state index is 0. The minimum Gasteiger partial charge on any atom is -0.358 e. The first-order valence-electron chi connectivity index (χ1n) is 8.97. The van der Waals surface area contributed by atoms with E-state index in [1.807, 2.05) is 24.5 Å². The van der Waals surface area contributed by atoms with Gasteiger partial charge < -0.3 is 15.6 Å². The predicted molar refractivity (Wildman–Crippen MR) is 129 cm³/mol. The number of aliphatic imine (C=N–C) groups is 1. The van der Waals surface area contributed by atoms with Crippen molar-refractivity contribution in [3.05, 3.63) is 71.2 Å². The van der Waals surface area contributed by atoms with Crippen LogP contribution in [0, 0.1) is 5.82 Å². The van der Waals surface area contributed by atoms with Gasteiger partial charge in [-0.1, -0.05) is 24.3 Å². The molecule has 28 heavy (non-hydrogen) atoms. The summed E-state index contributed by atoms with van der Waals surface area (Å²) in [5.74, 6) is 1.34. The third-order valence-corrected chi connectivity index (χ3v) is 5.01. The highest BCUT2D eigenvalue weighted by Crippen LogP contribution is 2.17. The van der Waals surface area contributed by atoms with E-state index in [1.165, 1.54) is 17.1 Å². The fraction of sp³-hybridized carbons (Fsp3) is 0.286. The molecule has 0 radical (unpaired) electrons. The van der Waals surface area contributed by atoms with Crippen LogP contribution in [0.4, 0.5) is 4.39 Å². The molecule has 4 nitrogen and oxygen atoms in total. The van der Waals surface area contributed by atoms with Crippen LogP contribution in [0.2, 0.25) is 0 Å². The molecule has 150 valence electrons. The van der Waals surface area contributed by atoms with Crippen LogP contribution < -0.4 is 10.6 Å². The number of aromatic nitrogens is 1. The van der Waals surface area contributed by atoms with Crippen molar-refractivity contribution in [2.45, 2.75) is 18.7 Å². The SMILES string of the molecule is CN=C(NCCc1cc2ccccc2[nH]1)NCc1ccc(F)cc1CSC.I. The van der Waals surface area contributed by atoms with Crippen molar-refractivity contribution in [1.29, 1.82) is 0 Å². The van der Waals surface area contributed by atoms with Crippen LogP contribution in [0.15, 0.2) is 53.5 Å². The van der Waals surface area contributed by atoms with Crippen molar-refractivity contribution in [3.8, 4) is 0 Å². The van der Waals surface area contributed by atoms with E-state index in [4.69, 9.17) is 0 Å². The van der Waals surface area contributed by atoms with Gasteiger partial charge >= 0.3 is 0 Å². The van der Waals surface area contributed by atoms with Gasteiger partial charge in [0.25, 0.3) is 0 Å². The summed E-state index contributed by atoms with van der Waals surface area (Å²) in [6, 6.07) is 15.4. The summed E-state index contributed by atoms with van der Waals surface area (Å²) in [4.78, 5) is 7.71. The van der Waals surface area contributed by atoms with Gasteiger partial charge in [-0.15, -0.1) is 24.0 Å². The maximum atomic E-state index is 13.5. The minimum atomic E-state index is -0.191. The van der Waals surface area contributed by atoms with E-state index in [9.17, 15) is 4.39 Å². The van der Waals surface area contributed by atoms with Crippen molar-refractivity contribution in [2.75, 3.05) is 19.8 Å². The van der Waals surface area contributed by atoms with Crippen molar-refractivity contribution < 1.29 is 4.39 Å². The lowest BCUT2D eigenvalue weighted by molar-refractivity contribution is 0.625. The fourth-order valence-corrected chi connectivity index (χ4v) is 3.62. The number of thioether (sulfide) groups is 1. The number of halogens is 2. The molecule has 0 fully saturated rings. The Morgan fingerprint density at radius 1 is 1.11 bits per heavy atom. The summed E-state index contributed by atoms with van der Waals surface area (Å²) in [7, 11) is 1.76. The number of para-hydroxylation sites is 1. The van der Waals surface area contributed by atoms with Gasteiger partial charge in [0.05, 0.1) is 0 Å². The van der Waals surface area contributed by atoms with Crippen LogP contribution in [-0.2, 0) is 18.7 Å². The van der Waals surface area contributed by atoms with Crippen molar-refractivity contribution in [3.63, 3.8) is 0 Å². The summed E-state index contributed by atoms with van der Waals surface area (Å²) in [6.45, 7) is 1.38. The molecule has 3 N–H and O–H groups in total. The molecule has 0 aliphatic heterocycles. The average molecular weight is 512 g/mol. The zero-order valence-corrected chi connectivity index (χ0v) is 19.2. The molecule has 0 atom stereocenters. The maximum Gasteiger partial charge on any atom is 0.191 e. The van der Waals surface area contributed by atoms with E-state index >= 15 is 0 Å².